The summed E-state index contributed by atoms with van der Waals surface area (Å²) in [5, 5.41) is 0. The summed E-state index contributed by atoms with van der Waals surface area (Å²) in [5.41, 5.74) is 1.54. The average Bonchev–Trinajstić information content (AvgIpc) is 2.85. The van der Waals surface area contributed by atoms with Gasteiger partial charge in [-0.2, -0.15) is 0 Å². The highest BCUT2D eigenvalue weighted by molar-refractivity contribution is 5.92. The highest BCUT2D eigenvalue weighted by Crippen LogP contribution is 2.21. The molecule has 1 aromatic carbocycles. The lowest BCUT2D eigenvalue weighted by Gasteiger charge is -2.38. The molecule has 0 spiro atoms. The van der Waals surface area contributed by atoms with Gasteiger partial charge in [0.1, 0.15) is 5.69 Å². The Bertz CT molecular complexity index is 895. The van der Waals surface area contributed by atoms with Gasteiger partial charge in [0.15, 0.2) is 0 Å². The lowest BCUT2D eigenvalue weighted by Crippen LogP contribution is -2.53. The Kier molecular flexibility index (Phi) is 7.04. The molecule has 2 saturated heterocycles. The molecule has 0 saturated carbocycles. The molecule has 0 radical (unpaired) electrons. The fraction of sp³-hybridized carbons (Fsp3) is 0.417. The second-order valence-corrected chi connectivity index (χ2v) is 8.12. The van der Waals surface area contributed by atoms with Crippen LogP contribution in [0.3, 0.4) is 0 Å². The number of carbonyl (C=O) groups is 2. The van der Waals surface area contributed by atoms with Crippen molar-refractivity contribution in [2.75, 3.05) is 45.8 Å². The van der Waals surface area contributed by atoms with Crippen LogP contribution >= 0.6 is 0 Å². The van der Waals surface area contributed by atoms with Crippen molar-refractivity contribution in [1.29, 1.82) is 0 Å². The SMILES string of the molecule is O=C(c1cnccn1)N1CCCC(C(=O)N2CCN(CC=Cc3ccccc3)CC2)C1. The van der Waals surface area contributed by atoms with E-state index in [1.165, 1.54) is 18.0 Å². The van der Waals surface area contributed by atoms with E-state index in [1.54, 1.807) is 11.1 Å². The smallest absolute Gasteiger partial charge is 0.274 e. The van der Waals surface area contributed by atoms with Gasteiger partial charge in [-0.15, -0.1) is 0 Å². The summed E-state index contributed by atoms with van der Waals surface area (Å²) < 4.78 is 0. The molecule has 0 aliphatic carbocycles. The molecule has 0 N–H and O–H groups in total. The maximum atomic E-state index is 13.1. The third kappa shape index (κ3) is 5.55. The minimum absolute atomic E-state index is 0.126. The van der Waals surface area contributed by atoms with Crippen LogP contribution in [0.2, 0.25) is 0 Å². The molecule has 2 aromatic rings. The third-order valence-corrected chi connectivity index (χ3v) is 6.00. The number of carbonyl (C=O) groups excluding carboxylic acids is 2. The standard InChI is InChI=1S/C24H29N5O2/c30-23(21-9-5-13-29(19-21)24(31)22-18-25-10-11-26-22)28-16-14-27(15-17-28)12-4-8-20-6-2-1-3-7-20/h1-4,6-8,10-11,18,21H,5,9,12-17,19H2. The molecule has 2 amide bonds. The predicted molar refractivity (Wildman–Crippen MR) is 119 cm³/mol. The lowest BCUT2D eigenvalue weighted by atomic mass is 9.96. The fourth-order valence-electron chi connectivity index (χ4n) is 4.25. The van der Waals surface area contributed by atoms with Crippen LogP contribution in [0.25, 0.3) is 6.08 Å². The van der Waals surface area contributed by atoms with Crippen molar-refractivity contribution in [1.82, 2.24) is 24.7 Å². The molecule has 162 valence electrons. The monoisotopic (exact) mass is 419 g/mol. The Labute approximate surface area is 183 Å². The zero-order valence-electron chi connectivity index (χ0n) is 17.8. The molecular formula is C24H29N5O2. The van der Waals surface area contributed by atoms with Crippen LogP contribution in [0.15, 0.2) is 55.0 Å². The van der Waals surface area contributed by atoms with E-state index in [1.807, 2.05) is 23.1 Å². The summed E-state index contributed by atoms with van der Waals surface area (Å²) in [6, 6.07) is 10.3. The van der Waals surface area contributed by atoms with Gasteiger partial charge in [-0.25, -0.2) is 4.98 Å². The van der Waals surface area contributed by atoms with Gasteiger partial charge < -0.3 is 9.80 Å². The number of piperidine rings is 1. The van der Waals surface area contributed by atoms with Gasteiger partial charge >= 0.3 is 0 Å². The minimum Gasteiger partial charge on any atom is -0.340 e. The van der Waals surface area contributed by atoms with Crippen molar-refractivity contribution in [3.8, 4) is 0 Å². The van der Waals surface area contributed by atoms with Crippen LogP contribution in [0, 0.1) is 5.92 Å². The lowest BCUT2D eigenvalue weighted by molar-refractivity contribution is -0.138. The minimum atomic E-state index is -0.138. The second kappa shape index (κ2) is 10.3. The van der Waals surface area contributed by atoms with E-state index in [0.29, 0.717) is 18.8 Å². The molecule has 3 heterocycles. The van der Waals surface area contributed by atoms with Gasteiger partial charge in [0.25, 0.3) is 5.91 Å². The number of rotatable bonds is 5. The number of hydrogen-bond donors (Lipinski definition) is 0. The summed E-state index contributed by atoms with van der Waals surface area (Å²) in [7, 11) is 0. The molecule has 31 heavy (non-hydrogen) atoms. The molecule has 1 aromatic heterocycles. The number of amides is 2. The Balaban J connectivity index is 1.25. The second-order valence-electron chi connectivity index (χ2n) is 8.12. The van der Waals surface area contributed by atoms with E-state index in [-0.39, 0.29) is 17.7 Å². The number of hydrogen-bond acceptors (Lipinski definition) is 5. The fourth-order valence-corrected chi connectivity index (χ4v) is 4.25. The van der Waals surface area contributed by atoms with Crippen molar-refractivity contribution in [3.63, 3.8) is 0 Å². The van der Waals surface area contributed by atoms with Gasteiger partial charge in [0.2, 0.25) is 5.91 Å². The molecule has 2 aliphatic heterocycles. The highest BCUT2D eigenvalue weighted by Gasteiger charge is 2.33. The van der Waals surface area contributed by atoms with E-state index in [4.69, 9.17) is 0 Å². The molecule has 7 heteroatoms. The van der Waals surface area contributed by atoms with Gasteiger partial charge in [0.05, 0.1) is 12.1 Å². The summed E-state index contributed by atoms with van der Waals surface area (Å²) >= 11 is 0. The number of likely N-dealkylation sites (tertiary alicyclic amines) is 1. The molecule has 2 aliphatic rings. The quantitative estimate of drug-likeness (QED) is 0.743. The Morgan fingerprint density at radius 2 is 1.81 bits per heavy atom. The maximum absolute atomic E-state index is 13.1. The molecule has 1 atom stereocenters. The third-order valence-electron chi connectivity index (χ3n) is 6.00. The van der Waals surface area contributed by atoms with Crippen LogP contribution in [-0.4, -0.2) is 82.3 Å². The Morgan fingerprint density at radius 1 is 1.00 bits per heavy atom. The molecule has 2 fully saturated rings. The molecule has 7 nitrogen and oxygen atoms in total. The Hall–Kier alpha value is -3.06. The first-order chi connectivity index (χ1) is 15.2. The first-order valence-electron chi connectivity index (χ1n) is 11.0. The summed E-state index contributed by atoms with van der Waals surface area (Å²) in [6.45, 7) is 5.26. The van der Waals surface area contributed by atoms with E-state index in [9.17, 15) is 9.59 Å². The van der Waals surface area contributed by atoms with E-state index >= 15 is 0 Å². The van der Waals surface area contributed by atoms with Crippen molar-refractivity contribution in [2.24, 2.45) is 5.92 Å². The summed E-state index contributed by atoms with van der Waals surface area (Å²) in [6.07, 6.45) is 10.6. The summed E-state index contributed by atoms with van der Waals surface area (Å²) in [4.78, 5) is 39.9. The number of piperazine rings is 1. The van der Waals surface area contributed by atoms with E-state index in [2.05, 4.69) is 39.2 Å². The molecular weight excluding hydrogens is 390 g/mol. The van der Waals surface area contributed by atoms with Crippen LogP contribution in [0.4, 0.5) is 0 Å². The zero-order valence-corrected chi connectivity index (χ0v) is 17.8. The van der Waals surface area contributed by atoms with Gasteiger partial charge in [0, 0.05) is 58.2 Å². The van der Waals surface area contributed by atoms with Crippen LogP contribution in [-0.2, 0) is 4.79 Å². The van der Waals surface area contributed by atoms with Gasteiger partial charge in [-0.3, -0.25) is 19.5 Å². The van der Waals surface area contributed by atoms with Crippen molar-refractivity contribution in [3.05, 3.63) is 66.3 Å². The van der Waals surface area contributed by atoms with Crippen LogP contribution in [0.5, 0.6) is 0 Å². The largest absolute Gasteiger partial charge is 0.340 e. The highest BCUT2D eigenvalue weighted by atomic mass is 16.2. The maximum Gasteiger partial charge on any atom is 0.274 e. The van der Waals surface area contributed by atoms with E-state index in [0.717, 1.165) is 45.6 Å². The topological polar surface area (TPSA) is 69.6 Å². The average molecular weight is 420 g/mol. The zero-order chi connectivity index (χ0) is 21.5. The number of nitrogens with zero attached hydrogens (tertiary/aromatic N) is 5. The molecule has 0 bridgehead atoms. The number of benzene rings is 1. The summed E-state index contributed by atoms with van der Waals surface area (Å²) in [5.74, 6) is -0.0874. The van der Waals surface area contributed by atoms with Crippen LogP contribution < -0.4 is 0 Å². The van der Waals surface area contributed by atoms with Crippen LogP contribution in [0.1, 0.15) is 28.9 Å². The molecule has 1 unspecified atom stereocenters. The molecule has 4 rings (SSSR count). The van der Waals surface area contributed by atoms with Crippen molar-refractivity contribution < 1.29 is 9.59 Å². The van der Waals surface area contributed by atoms with Gasteiger partial charge in [-0.1, -0.05) is 42.5 Å². The van der Waals surface area contributed by atoms with Crippen molar-refractivity contribution in [2.45, 2.75) is 12.8 Å². The number of aromatic nitrogens is 2. The van der Waals surface area contributed by atoms with Gasteiger partial charge in [-0.05, 0) is 18.4 Å². The normalized spacial score (nSPS) is 20.2. The predicted octanol–water partition coefficient (Wildman–Crippen LogP) is 2.19. The van der Waals surface area contributed by atoms with Crippen molar-refractivity contribution >= 4 is 17.9 Å². The first kappa shape index (κ1) is 21.2. The Morgan fingerprint density at radius 3 is 2.55 bits per heavy atom. The van der Waals surface area contributed by atoms with E-state index < -0.39 is 0 Å². The first-order valence-corrected chi connectivity index (χ1v) is 11.0.